The molecule has 0 heterocycles. The van der Waals surface area contributed by atoms with E-state index < -0.39 is 17.4 Å². The summed E-state index contributed by atoms with van der Waals surface area (Å²) in [5.74, 6) is 0.253. The van der Waals surface area contributed by atoms with Crippen LogP contribution in [0, 0.1) is 27.7 Å². The van der Waals surface area contributed by atoms with Crippen molar-refractivity contribution in [1.29, 1.82) is 0 Å². The van der Waals surface area contributed by atoms with Gasteiger partial charge in [0.05, 0.1) is 11.1 Å². The van der Waals surface area contributed by atoms with Gasteiger partial charge in [0.2, 0.25) is 0 Å². The zero-order chi connectivity index (χ0) is 27.4. The molecule has 0 aliphatic heterocycles. The number of carbonyl (C=O) groups excluding carboxylic acids is 2. The highest BCUT2D eigenvalue weighted by molar-refractivity contribution is 5.92. The van der Waals surface area contributed by atoms with Gasteiger partial charge in [0.1, 0.15) is 11.5 Å². The van der Waals surface area contributed by atoms with Crippen LogP contribution in [0.4, 0.5) is 0 Å². The molecule has 0 unspecified atom stereocenters. The second kappa shape index (κ2) is 11.1. The standard InChI is InChI=1S/C34H34O4/c1-7-34(6,28-20-22(2)18-24(4)30(28)37-32(35)26-14-10-8-11-15-26)29-21-23(3)19-25(5)31(29)38-33(36)27-16-12-9-13-17-27/h8-21H,7H2,1-6H3. The zero-order valence-corrected chi connectivity index (χ0v) is 22.9. The number of carbonyl (C=O) groups is 2. The minimum Gasteiger partial charge on any atom is -0.422 e. The summed E-state index contributed by atoms with van der Waals surface area (Å²) in [6, 6.07) is 26.2. The quantitative estimate of drug-likeness (QED) is 0.188. The molecule has 0 aliphatic carbocycles. The summed E-state index contributed by atoms with van der Waals surface area (Å²) in [6.07, 6.45) is 0.685. The molecule has 0 radical (unpaired) electrons. The van der Waals surface area contributed by atoms with Gasteiger partial charge in [-0.25, -0.2) is 9.59 Å². The van der Waals surface area contributed by atoms with Gasteiger partial charge in [-0.3, -0.25) is 0 Å². The second-order valence-electron chi connectivity index (χ2n) is 10.1. The lowest BCUT2D eigenvalue weighted by molar-refractivity contribution is 0.0724. The van der Waals surface area contributed by atoms with Gasteiger partial charge in [-0.1, -0.05) is 85.6 Å². The largest absolute Gasteiger partial charge is 0.422 e. The molecule has 4 aromatic carbocycles. The van der Waals surface area contributed by atoms with E-state index >= 15 is 0 Å². The van der Waals surface area contributed by atoms with Gasteiger partial charge in [-0.15, -0.1) is 0 Å². The van der Waals surface area contributed by atoms with E-state index in [-0.39, 0.29) is 0 Å². The Morgan fingerprint density at radius 2 is 1.00 bits per heavy atom. The topological polar surface area (TPSA) is 52.6 Å². The molecule has 0 aliphatic rings. The number of esters is 2. The fourth-order valence-corrected chi connectivity index (χ4v) is 4.98. The first-order valence-corrected chi connectivity index (χ1v) is 12.9. The Labute approximate surface area is 225 Å². The summed E-state index contributed by atoms with van der Waals surface area (Å²) in [5.41, 5.74) is 5.97. The van der Waals surface area contributed by atoms with E-state index in [1.807, 2.05) is 76.2 Å². The Bertz CT molecular complexity index is 1360. The van der Waals surface area contributed by atoms with E-state index in [0.717, 1.165) is 33.4 Å². The molecule has 0 N–H and O–H groups in total. The van der Waals surface area contributed by atoms with E-state index in [1.54, 1.807) is 24.3 Å². The van der Waals surface area contributed by atoms with Crippen molar-refractivity contribution in [2.24, 2.45) is 0 Å². The van der Waals surface area contributed by atoms with Crippen LogP contribution in [-0.2, 0) is 5.41 Å². The van der Waals surface area contributed by atoms with Crippen molar-refractivity contribution >= 4 is 11.9 Å². The summed E-state index contributed by atoms with van der Waals surface area (Å²) in [6.45, 7) is 12.2. The van der Waals surface area contributed by atoms with E-state index in [4.69, 9.17) is 9.47 Å². The first kappa shape index (κ1) is 26.9. The van der Waals surface area contributed by atoms with Crippen LogP contribution < -0.4 is 9.47 Å². The summed E-state index contributed by atoms with van der Waals surface area (Å²) in [5, 5.41) is 0. The molecule has 0 bridgehead atoms. The lowest BCUT2D eigenvalue weighted by Crippen LogP contribution is -2.27. The maximum Gasteiger partial charge on any atom is 0.343 e. The lowest BCUT2D eigenvalue weighted by Gasteiger charge is -2.34. The Morgan fingerprint density at radius 3 is 1.34 bits per heavy atom. The summed E-state index contributed by atoms with van der Waals surface area (Å²) in [7, 11) is 0. The minimum atomic E-state index is -0.619. The van der Waals surface area contributed by atoms with Gasteiger partial charge in [-0.2, -0.15) is 0 Å². The molecule has 0 aromatic heterocycles. The van der Waals surface area contributed by atoms with Gasteiger partial charge in [0.15, 0.2) is 0 Å². The Hall–Kier alpha value is -4.18. The van der Waals surface area contributed by atoms with Gasteiger partial charge in [0, 0.05) is 16.5 Å². The second-order valence-corrected chi connectivity index (χ2v) is 10.1. The molecule has 38 heavy (non-hydrogen) atoms. The molecule has 0 atom stereocenters. The van der Waals surface area contributed by atoms with Crippen molar-refractivity contribution in [1.82, 2.24) is 0 Å². The highest BCUT2D eigenvalue weighted by Gasteiger charge is 2.36. The van der Waals surface area contributed by atoms with Crippen molar-refractivity contribution < 1.29 is 19.1 Å². The first-order chi connectivity index (χ1) is 18.1. The smallest absolute Gasteiger partial charge is 0.343 e. The third-order valence-electron chi connectivity index (χ3n) is 7.14. The molecular formula is C34H34O4. The third kappa shape index (κ3) is 5.40. The van der Waals surface area contributed by atoms with Crippen LogP contribution in [0.5, 0.6) is 11.5 Å². The van der Waals surface area contributed by atoms with Crippen molar-refractivity contribution in [2.75, 3.05) is 0 Å². The number of hydrogen-bond acceptors (Lipinski definition) is 4. The molecular weight excluding hydrogens is 472 g/mol. The highest BCUT2D eigenvalue weighted by atomic mass is 16.5. The lowest BCUT2D eigenvalue weighted by atomic mass is 9.71. The van der Waals surface area contributed by atoms with Crippen LogP contribution in [-0.4, -0.2) is 11.9 Å². The Morgan fingerprint density at radius 1 is 0.632 bits per heavy atom. The first-order valence-electron chi connectivity index (χ1n) is 12.9. The number of rotatable bonds is 7. The highest BCUT2D eigenvalue weighted by Crippen LogP contribution is 2.47. The van der Waals surface area contributed by atoms with Gasteiger partial charge in [-0.05, 0) is 69.5 Å². The van der Waals surface area contributed by atoms with Crippen LogP contribution in [0.15, 0.2) is 84.9 Å². The maximum absolute atomic E-state index is 13.1. The van der Waals surface area contributed by atoms with E-state index in [0.29, 0.717) is 29.0 Å². The average Bonchev–Trinajstić information content (AvgIpc) is 2.91. The number of aryl methyl sites for hydroxylation is 4. The minimum absolute atomic E-state index is 0.409. The monoisotopic (exact) mass is 506 g/mol. The molecule has 194 valence electrons. The predicted molar refractivity (Wildman–Crippen MR) is 151 cm³/mol. The van der Waals surface area contributed by atoms with Crippen molar-refractivity contribution in [3.8, 4) is 11.5 Å². The number of hydrogen-bond donors (Lipinski definition) is 0. The zero-order valence-electron chi connectivity index (χ0n) is 22.9. The summed E-state index contributed by atoms with van der Waals surface area (Å²) < 4.78 is 12.2. The van der Waals surface area contributed by atoms with E-state index in [2.05, 4.69) is 26.0 Å². The Balaban J connectivity index is 1.87. The van der Waals surface area contributed by atoms with Gasteiger partial charge in [0.25, 0.3) is 0 Å². The molecule has 4 nitrogen and oxygen atoms in total. The predicted octanol–water partition coefficient (Wildman–Crippen LogP) is 8.07. The molecule has 0 amide bonds. The molecule has 0 fully saturated rings. The van der Waals surface area contributed by atoms with Crippen LogP contribution in [0.1, 0.15) is 74.4 Å². The van der Waals surface area contributed by atoms with Gasteiger partial charge < -0.3 is 9.47 Å². The summed E-state index contributed by atoms with van der Waals surface area (Å²) >= 11 is 0. The number of benzene rings is 4. The van der Waals surface area contributed by atoms with Crippen LogP contribution in [0.3, 0.4) is 0 Å². The molecule has 4 heteroatoms. The molecule has 4 rings (SSSR count). The van der Waals surface area contributed by atoms with E-state index in [1.165, 1.54) is 0 Å². The third-order valence-corrected chi connectivity index (χ3v) is 7.14. The molecule has 0 spiro atoms. The molecule has 0 saturated heterocycles. The van der Waals surface area contributed by atoms with Crippen LogP contribution in [0.25, 0.3) is 0 Å². The maximum atomic E-state index is 13.1. The van der Waals surface area contributed by atoms with Crippen molar-refractivity contribution in [3.63, 3.8) is 0 Å². The Kier molecular flexibility index (Phi) is 7.82. The van der Waals surface area contributed by atoms with Crippen LogP contribution in [0.2, 0.25) is 0 Å². The van der Waals surface area contributed by atoms with E-state index in [9.17, 15) is 9.59 Å². The summed E-state index contributed by atoms with van der Waals surface area (Å²) in [4.78, 5) is 26.3. The average molecular weight is 507 g/mol. The van der Waals surface area contributed by atoms with Gasteiger partial charge >= 0.3 is 11.9 Å². The SMILES string of the molecule is CCC(C)(c1cc(C)cc(C)c1OC(=O)c1ccccc1)c1cc(C)cc(C)c1OC(=O)c1ccccc1. The fraction of sp³-hybridized carbons (Fsp3) is 0.235. The fourth-order valence-electron chi connectivity index (χ4n) is 4.98. The van der Waals surface area contributed by atoms with Crippen LogP contribution >= 0.6 is 0 Å². The normalized spacial score (nSPS) is 11.2. The molecule has 4 aromatic rings. The number of ether oxygens (including phenoxy) is 2. The van der Waals surface area contributed by atoms with Crippen molar-refractivity contribution in [3.05, 3.63) is 129 Å². The van der Waals surface area contributed by atoms with Crippen molar-refractivity contribution in [2.45, 2.75) is 53.4 Å². The molecule has 0 saturated carbocycles.